The van der Waals surface area contributed by atoms with Crippen molar-refractivity contribution in [1.82, 2.24) is 10.3 Å². The van der Waals surface area contributed by atoms with Crippen LogP contribution in [0.25, 0.3) is 11.1 Å². The van der Waals surface area contributed by atoms with E-state index in [9.17, 15) is 19.1 Å². The Kier molecular flexibility index (Phi) is 5.93. The van der Waals surface area contributed by atoms with E-state index in [1.807, 2.05) is 48.5 Å². The van der Waals surface area contributed by atoms with Crippen molar-refractivity contribution in [3.8, 4) is 11.1 Å². The predicted molar refractivity (Wildman–Crippen MR) is 112 cm³/mol. The zero-order chi connectivity index (χ0) is 21.8. The Morgan fingerprint density at radius 2 is 1.71 bits per heavy atom. The van der Waals surface area contributed by atoms with Crippen LogP contribution in [-0.4, -0.2) is 34.8 Å². The van der Waals surface area contributed by atoms with Crippen molar-refractivity contribution < 1.29 is 23.8 Å². The number of halogens is 1. The number of aromatic nitrogens is 1. The molecule has 158 valence electrons. The van der Waals surface area contributed by atoms with Gasteiger partial charge in [-0.15, -0.1) is 0 Å². The summed E-state index contributed by atoms with van der Waals surface area (Å²) in [6.07, 6.45) is 2.09. The highest BCUT2D eigenvalue weighted by molar-refractivity contribution is 5.81. The summed E-state index contributed by atoms with van der Waals surface area (Å²) in [5.74, 6) is -1.79. The topological polar surface area (TPSA) is 88.5 Å². The monoisotopic (exact) mass is 420 g/mol. The van der Waals surface area contributed by atoms with Crippen molar-refractivity contribution in [1.29, 1.82) is 0 Å². The first-order valence-electron chi connectivity index (χ1n) is 9.96. The summed E-state index contributed by atoms with van der Waals surface area (Å²) in [7, 11) is 0. The zero-order valence-electron chi connectivity index (χ0n) is 16.6. The van der Waals surface area contributed by atoms with E-state index in [4.69, 9.17) is 4.74 Å². The standard InChI is InChI=1S/C24H21FN2O4/c25-16-11-15(12-26-13-16)9-10-22(23(28)29)27-24(30)31-14-21-19-7-3-1-5-17(19)18-6-2-4-8-20(18)21/h1-8,11-13,21-22H,9-10,14H2,(H,27,30)(H,28,29)/t22-/m1/s1. The number of carboxylic acid groups (broad SMARTS) is 1. The Bertz CT molecular complexity index is 1070. The number of carbonyl (C=O) groups excluding carboxylic acids is 1. The molecule has 0 aliphatic heterocycles. The first-order chi connectivity index (χ1) is 15.0. The molecule has 1 atom stereocenters. The van der Waals surface area contributed by atoms with Gasteiger partial charge in [0.1, 0.15) is 18.5 Å². The van der Waals surface area contributed by atoms with Crippen LogP contribution in [0.2, 0.25) is 0 Å². The Balaban J connectivity index is 1.38. The smallest absolute Gasteiger partial charge is 0.407 e. The van der Waals surface area contributed by atoms with Crippen molar-refractivity contribution in [3.05, 3.63) is 89.5 Å². The van der Waals surface area contributed by atoms with Gasteiger partial charge in [-0.3, -0.25) is 4.98 Å². The molecule has 0 spiro atoms. The number of hydrogen-bond donors (Lipinski definition) is 2. The van der Waals surface area contributed by atoms with Crippen LogP contribution in [0.3, 0.4) is 0 Å². The van der Waals surface area contributed by atoms with Crippen LogP contribution in [0.4, 0.5) is 9.18 Å². The fraction of sp³-hybridized carbons (Fsp3) is 0.208. The molecule has 0 bridgehead atoms. The maximum atomic E-state index is 13.3. The molecule has 1 aliphatic rings. The lowest BCUT2D eigenvalue weighted by Gasteiger charge is -2.17. The third-order valence-electron chi connectivity index (χ3n) is 5.42. The second kappa shape index (κ2) is 8.95. The van der Waals surface area contributed by atoms with Crippen molar-refractivity contribution in [3.63, 3.8) is 0 Å². The van der Waals surface area contributed by atoms with Gasteiger partial charge in [-0.1, -0.05) is 48.5 Å². The first kappa shape index (κ1) is 20.5. The largest absolute Gasteiger partial charge is 0.480 e. The van der Waals surface area contributed by atoms with Crippen LogP contribution in [0.5, 0.6) is 0 Å². The molecule has 0 saturated heterocycles. The van der Waals surface area contributed by atoms with Gasteiger partial charge < -0.3 is 15.2 Å². The van der Waals surface area contributed by atoms with Crippen molar-refractivity contribution >= 4 is 12.1 Å². The lowest BCUT2D eigenvalue weighted by Crippen LogP contribution is -2.41. The molecular weight excluding hydrogens is 399 g/mol. The second-order valence-corrected chi connectivity index (χ2v) is 7.41. The number of carbonyl (C=O) groups is 2. The molecule has 6 nitrogen and oxygen atoms in total. The van der Waals surface area contributed by atoms with Crippen molar-refractivity contribution in [2.75, 3.05) is 6.61 Å². The number of nitrogens with one attached hydrogen (secondary N) is 1. The third kappa shape index (κ3) is 4.55. The fourth-order valence-electron chi connectivity index (χ4n) is 3.94. The molecule has 7 heteroatoms. The summed E-state index contributed by atoms with van der Waals surface area (Å²) in [5, 5.41) is 11.8. The van der Waals surface area contributed by atoms with Gasteiger partial charge in [-0.25, -0.2) is 14.0 Å². The van der Waals surface area contributed by atoms with Gasteiger partial charge in [0.15, 0.2) is 0 Å². The number of aliphatic carboxylic acids is 1. The normalized spacial score (nSPS) is 13.2. The molecule has 0 fully saturated rings. The van der Waals surface area contributed by atoms with E-state index < -0.39 is 23.9 Å². The van der Waals surface area contributed by atoms with E-state index in [-0.39, 0.29) is 25.4 Å². The number of alkyl carbamates (subject to hydrolysis) is 1. The number of hydrogen-bond acceptors (Lipinski definition) is 4. The molecule has 3 aromatic rings. The maximum absolute atomic E-state index is 13.3. The van der Waals surface area contributed by atoms with Crippen LogP contribution >= 0.6 is 0 Å². The number of ether oxygens (including phenoxy) is 1. The van der Waals surface area contributed by atoms with Gasteiger partial charge in [-0.05, 0) is 46.7 Å². The predicted octanol–water partition coefficient (Wildman–Crippen LogP) is 4.15. The Morgan fingerprint density at radius 1 is 1.06 bits per heavy atom. The van der Waals surface area contributed by atoms with Crippen LogP contribution in [-0.2, 0) is 16.0 Å². The fourth-order valence-corrected chi connectivity index (χ4v) is 3.94. The number of rotatable bonds is 7. The Hall–Kier alpha value is -3.74. The zero-order valence-corrected chi connectivity index (χ0v) is 16.6. The van der Waals surface area contributed by atoms with Gasteiger partial charge in [0, 0.05) is 12.1 Å². The van der Waals surface area contributed by atoms with Crippen LogP contribution in [0, 0.1) is 5.82 Å². The highest BCUT2D eigenvalue weighted by Gasteiger charge is 2.29. The lowest BCUT2D eigenvalue weighted by molar-refractivity contribution is -0.139. The van der Waals surface area contributed by atoms with Crippen LogP contribution in [0.15, 0.2) is 67.0 Å². The molecule has 31 heavy (non-hydrogen) atoms. The third-order valence-corrected chi connectivity index (χ3v) is 5.42. The van der Waals surface area contributed by atoms with Gasteiger partial charge in [0.25, 0.3) is 0 Å². The number of aryl methyl sites for hydroxylation is 1. The number of pyridine rings is 1. The summed E-state index contributed by atoms with van der Waals surface area (Å²) in [6, 6.07) is 16.1. The van der Waals surface area contributed by atoms with E-state index in [1.54, 1.807) is 0 Å². The van der Waals surface area contributed by atoms with E-state index in [0.717, 1.165) is 28.5 Å². The molecule has 1 amide bonds. The molecule has 2 aromatic carbocycles. The van der Waals surface area contributed by atoms with Gasteiger partial charge in [-0.2, -0.15) is 0 Å². The molecule has 4 rings (SSSR count). The summed E-state index contributed by atoms with van der Waals surface area (Å²) in [5.41, 5.74) is 4.92. The number of benzene rings is 2. The minimum atomic E-state index is -1.18. The van der Waals surface area contributed by atoms with E-state index in [0.29, 0.717) is 5.56 Å². The van der Waals surface area contributed by atoms with E-state index in [1.165, 1.54) is 12.3 Å². The number of carboxylic acids is 1. The Morgan fingerprint density at radius 3 is 2.32 bits per heavy atom. The summed E-state index contributed by atoms with van der Waals surface area (Å²) < 4.78 is 18.7. The molecular formula is C24H21FN2O4. The molecule has 1 heterocycles. The molecule has 1 aromatic heterocycles. The summed E-state index contributed by atoms with van der Waals surface area (Å²) in [6.45, 7) is 0.0972. The highest BCUT2D eigenvalue weighted by Crippen LogP contribution is 2.44. The quantitative estimate of drug-likeness (QED) is 0.600. The number of amides is 1. The highest BCUT2D eigenvalue weighted by atomic mass is 19.1. The summed E-state index contributed by atoms with van der Waals surface area (Å²) in [4.78, 5) is 27.6. The van der Waals surface area contributed by atoms with Crippen LogP contribution in [0.1, 0.15) is 29.0 Å². The molecule has 0 unspecified atom stereocenters. The molecule has 2 N–H and O–H groups in total. The Labute approximate surface area is 178 Å². The second-order valence-electron chi connectivity index (χ2n) is 7.41. The minimum Gasteiger partial charge on any atom is -0.480 e. The maximum Gasteiger partial charge on any atom is 0.407 e. The molecule has 0 saturated carbocycles. The van der Waals surface area contributed by atoms with Crippen molar-refractivity contribution in [2.24, 2.45) is 0 Å². The van der Waals surface area contributed by atoms with Gasteiger partial charge in [0.2, 0.25) is 0 Å². The lowest BCUT2D eigenvalue weighted by atomic mass is 9.98. The van der Waals surface area contributed by atoms with Crippen LogP contribution < -0.4 is 5.32 Å². The van der Waals surface area contributed by atoms with E-state index >= 15 is 0 Å². The average molecular weight is 420 g/mol. The van der Waals surface area contributed by atoms with Gasteiger partial charge >= 0.3 is 12.1 Å². The first-order valence-corrected chi connectivity index (χ1v) is 9.96. The van der Waals surface area contributed by atoms with Crippen molar-refractivity contribution in [2.45, 2.75) is 24.8 Å². The average Bonchev–Trinajstić information content (AvgIpc) is 3.09. The summed E-state index contributed by atoms with van der Waals surface area (Å²) >= 11 is 0. The van der Waals surface area contributed by atoms with E-state index in [2.05, 4.69) is 10.3 Å². The molecule has 1 aliphatic carbocycles. The SMILES string of the molecule is O=C(N[C@H](CCc1cncc(F)c1)C(=O)O)OCC1c2ccccc2-c2ccccc21. The number of nitrogens with zero attached hydrogens (tertiary/aromatic N) is 1. The number of fused-ring (bicyclic) bond motifs is 3. The minimum absolute atomic E-state index is 0.0880. The molecule has 0 radical (unpaired) electrons. The van der Waals surface area contributed by atoms with Gasteiger partial charge in [0.05, 0.1) is 6.20 Å².